The fourth-order valence-electron chi connectivity index (χ4n) is 7.45. The normalized spacial score (nSPS) is 20.8. The Bertz CT molecular complexity index is 1870. The standard InChI is InChI=1S/C34H37ClN4O5S/c1-19-14-24(31-30(36-19)26(17-45-31)33(41)42)23-15-21(35)4-7-28(23)44-13-12-39-20(2)37-27-6-5-22(16-25(27)32(39)40)38-11-8-29(43-3)34(18-38)9-10-34/h4,7,14-15,17,22,29H,5-6,8-13,16,18H2,1-3H3,(H,41,42)/t22-,29-/m1/s1. The Kier molecular flexibility index (Phi) is 7.96. The number of piperidine rings is 1. The van der Waals surface area contributed by atoms with Gasteiger partial charge in [-0.15, -0.1) is 11.3 Å². The molecule has 2 fully saturated rings. The minimum Gasteiger partial charge on any atom is -0.491 e. The molecule has 0 radical (unpaired) electrons. The predicted molar refractivity (Wildman–Crippen MR) is 175 cm³/mol. The fourth-order valence-corrected chi connectivity index (χ4v) is 8.64. The lowest BCUT2D eigenvalue weighted by atomic mass is 9.86. The predicted octanol–water partition coefficient (Wildman–Crippen LogP) is 5.93. The van der Waals surface area contributed by atoms with Crippen LogP contribution in [0.4, 0.5) is 0 Å². The van der Waals surface area contributed by atoms with E-state index in [1.165, 1.54) is 24.2 Å². The molecule has 1 aromatic carbocycles. The van der Waals surface area contributed by atoms with Crippen molar-refractivity contribution in [2.45, 2.75) is 71.1 Å². The van der Waals surface area contributed by atoms with Gasteiger partial charge < -0.3 is 14.6 Å². The molecule has 4 heterocycles. The van der Waals surface area contributed by atoms with Crippen LogP contribution in [0, 0.1) is 19.3 Å². The molecule has 11 heteroatoms. The summed E-state index contributed by atoms with van der Waals surface area (Å²) in [5.41, 5.74) is 4.98. The van der Waals surface area contributed by atoms with E-state index in [1.807, 2.05) is 39.2 Å². The van der Waals surface area contributed by atoms with E-state index in [2.05, 4.69) is 9.88 Å². The number of carboxylic acids is 1. The van der Waals surface area contributed by atoms with Crippen LogP contribution in [-0.4, -0.2) is 69.5 Å². The number of hydrogen-bond donors (Lipinski definition) is 1. The summed E-state index contributed by atoms with van der Waals surface area (Å²) in [5.74, 6) is 0.282. The molecule has 9 nitrogen and oxygen atoms in total. The molecule has 1 saturated heterocycles. The molecule has 45 heavy (non-hydrogen) atoms. The smallest absolute Gasteiger partial charge is 0.338 e. The number of halogens is 1. The van der Waals surface area contributed by atoms with Gasteiger partial charge in [-0.1, -0.05) is 11.6 Å². The number of methoxy groups -OCH3 is 1. The van der Waals surface area contributed by atoms with Crippen LogP contribution < -0.4 is 10.3 Å². The van der Waals surface area contributed by atoms with Crippen LogP contribution in [0.2, 0.25) is 5.02 Å². The van der Waals surface area contributed by atoms with Crippen molar-refractivity contribution in [1.82, 2.24) is 19.4 Å². The molecule has 3 aromatic heterocycles. The number of likely N-dealkylation sites (tertiary alicyclic amines) is 1. The zero-order valence-corrected chi connectivity index (χ0v) is 27.3. The van der Waals surface area contributed by atoms with Crippen LogP contribution in [0.15, 0.2) is 34.4 Å². The third kappa shape index (κ3) is 5.56. The van der Waals surface area contributed by atoms with Crippen molar-refractivity contribution in [1.29, 1.82) is 0 Å². The second-order valence-corrected chi connectivity index (χ2v) is 14.0. The summed E-state index contributed by atoms with van der Waals surface area (Å²) >= 11 is 7.76. The minimum atomic E-state index is -1.01. The maximum atomic E-state index is 13.9. The van der Waals surface area contributed by atoms with E-state index in [0.29, 0.717) is 51.9 Å². The molecule has 7 rings (SSSR count). The number of rotatable bonds is 8. The van der Waals surface area contributed by atoms with Gasteiger partial charge in [0, 0.05) is 64.4 Å². The number of benzene rings is 1. The first kappa shape index (κ1) is 30.3. The third-order valence-corrected chi connectivity index (χ3v) is 11.2. The molecular weight excluding hydrogens is 612 g/mol. The number of ether oxygens (including phenoxy) is 2. The first-order valence-corrected chi connectivity index (χ1v) is 16.8. The molecule has 0 unspecified atom stereocenters. The van der Waals surface area contributed by atoms with Gasteiger partial charge in [0.25, 0.3) is 5.56 Å². The number of thiophene rings is 1. The Morgan fingerprint density at radius 3 is 2.76 bits per heavy atom. The van der Waals surface area contributed by atoms with Crippen molar-refractivity contribution in [2.75, 3.05) is 26.8 Å². The number of pyridine rings is 1. The monoisotopic (exact) mass is 648 g/mol. The van der Waals surface area contributed by atoms with E-state index in [0.717, 1.165) is 65.9 Å². The first-order valence-electron chi connectivity index (χ1n) is 15.6. The van der Waals surface area contributed by atoms with E-state index in [4.69, 9.17) is 26.1 Å². The van der Waals surface area contributed by atoms with Gasteiger partial charge in [-0.3, -0.25) is 19.2 Å². The molecule has 0 amide bonds. The highest BCUT2D eigenvalue weighted by atomic mass is 35.5. The molecule has 1 N–H and O–H groups in total. The van der Waals surface area contributed by atoms with Crippen molar-refractivity contribution in [2.24, 2.45) is 5.41 Å². The second kappa shape index (κ2) is 11.8. The van der Waals surface area contributed by atoms with Gasteiger partial charge in [0.2, 0.25) is 0 Å². The lowest BCUT2D eigenvalue weighted by Crippen LogP contribution is -2.51. The quantitative estimate of drug-likeness (QED) is 0.251. The van der Waals surface area contributed by atoms with E-state index in [9.17, 15) is 14.7 Å². The van der Waals surface area contributed by atoms with E-state index in [-0.39, 0.29) is 17.7 Å². The van der Waals surface area contributed by atoms with Crippen molar-refractivity contribution in [3.8, 4) is 16.9 Å². The Labute approximate surface area is 270 Å². The van der Waals surface area contributed by atoms with E-state index < -0.39 is 5.97 Å². The molecule has 236 valence electrons. The van der Waals surface area contributed by atoms with Gasteiger partial charge in [-0.2, -0.15) is 0 Å². The number of carbonyl (C=O) groups is 1. The summed E-state index contributed by atoms with van der Waals surface area (Å²) in [7, 11) is 1.84. The second-order valence-electron chi connectivity index (χ2n) is 12.7. The van der Waals surface area contributed by atoms with Crippen LogP contribution in [0.25, 0.3) is 21.3 Å². The minimum absolute atomic E-state index is 0.0290. The largest absolute Gasteiger partial charge is 0.491 e. The van der Waals surface area contributed by atoms with Crippen molar-refractivity contribution < 1.29 is 19.4 Å². The lowest BCUT2D eigenvalue weighted by Gasteiger charge is -2.43. The number of nitrogens with zero attached hydrogens (tertiary/aromatic N) is 4. The Hall–Kier alpha value is -3.31. The van der Waals surface area contributed by atoms with Crippen LogP contribution in [0.5, 0.6) is 5.75 Å². The summed E-state index contributed by atoms with van der Waals surface area (Å²) in [6, 6.07) is 7.68. The summed E-state index contributed by atoms with van der Waals surface area (Å²) in [6.07, 6.45) is 6.46. The number of aromatic carboxylic acids is 1. The Balaban J connectivity index is 1.11. The van der Waals surface area contributed by atoms with Gasteiger partial charge in [0.05, 0.1) is 34.1 Å². The van der Waals surface area contributed by atoms with Crippen LogP contribution in [0.3, 0.4) is 0 Å². The number of hydrogen-bond acceptors (Lipinski definition) is 8. The SMILES string of the molecule is CO[C@@H]1CCN([C@@H]2CCc3nc(C)n(CCOc4ccc(Cl)cc4-c4cc(C)nc5c(C(=O)O)csc45)c(=O)c3C2)CC12CC2. The molecule has 2 aliphatic carbocycles. The number of aromatic nitrogens is 3. The average Bonchev–Trinajstić information content (AvgIpc) is 3.64. The highest BCUT2D eigenvalue weighted by molar-refractivity contribution is 7.18. The molecule has 2 atom stereocenters. The summed E-state index contributed by atoms with van der Waals surface area (Å²) in [4.78, 5) is 37.7. The molecule has 3 aliphatic rings. The summed E-state index contributed by atoms with van der Waals surface area (Å²) in [6.45, 7) is 6.41. The zero-order valence-electron chi connectivity index (χ0n) is 25.8. The van der Waals surface area contributed by atoms with Crippen molar-refractivity contribution >= 4 is 39.1 Å². The number of fused-ring (bicyclic) bond motifs is 2. The van der Waals surface area contributed by atoms with Gasteiger partial charge >= 0.3 is 5.97 Å². The highest BCUT2D eigenvalue weighted by Gasteiger charge is 2.53. The number of carboxylic acid groups (broad SMARTS) is 1. The van der Waals surface area contributed by atoms with Gasteiger partial charge in [0.15, 0.2) is 0 Å². The van der Waals surface area contributed by atoms with Gasteiger partial charge in [0.1, 0.15) is 18.2 Å². The molecule has 0 bridgehead atoms. The molecule has 4 aromatic rings. The first-order chi connectivity index (χ1) is 21.7. The van der Waals surface area contributed by atoms with Gasteiger partial charge in [-0.05, 0) is 76.6 Å². The maximum absolute atomic E-state index is 13.9. The Morgan fingerprint density at radius 2 is 2.00 bits per heavy atom. The molecule has 1 saturated carbocycles. The molecular formula is C34H37ClN4O5S. The Morgan fingerprint density at radius 1 is 1.18 bits per heavy atom. The molecule has 1 aliphatic heterocycles. The van der Waals surface area contributed by atoms with Crippen LogP contribution >= 0.6 is 22.9 Å². The summed E-state index contributed by atoms with van der Waals surface area (Å²) in [5, 5.41) is 11.8. The fraction of sp³-hybridized carbons (Fsp3) is 0.471. The maximum Gasteiger partial charge on any atom is 0.338 e. The highest BCUT2D eigenvalue weighted by Crippen LogP contribution is 2.53. The average molecular weight is 649 g/mol. The van der Waals surface area contributed by atoms with Crippen molar-refractivity contribution in [3.05, 3.63) is 73.4 Å². The van der Waals surface area contributed by atoms with Crippen molar-refractivity contribution in [3.63, 3.8) is 0 Å². The van der Waals surface area contributed by atoms with E-state index in [1.54, 1.807) is 16.0 Å². The zero-order chi connectivity index (χ0) is 31.5. The summed E-state index contributed by atoms with van der Waals surface area (Å²) < 4.78 is 14.6. The molecule has 1 spiro atoms. The topological polar surface area (TPSA) is 107 Å². The van der Waals surface area contributed by atoms with Crippen LogP contribution in [-0.2, 0) is 24.1 Å². The van der Waals surface area contributed by atoms with Crippen LogP contribution in [0.1, 0.15) is 58.8 Å². The third-order valence-electron chi connectivity index (χ3n) is 9.95. The van der Waals surface area contributed by atoms with E-state index >= 15 is 0 Å². The van der Waals surface area contributed by atoms with Gasteiger partial charge in [-0.25, -0.2) is 9.78 Å². The lowest BCUT2D eigenvalue weighted by molar-refractivity contribution is -0.0329. The number of aryl methyl sites for hydroxylation is 3.